The van der Waals surface area contributed by atoms with E-state index in [1.165, 1.54) is 135 Å². The molecule has 1 saturated heterocycles. The van der Waals surface area contributed by atoms with E-state index >= 15 is 0 Å². The molecule has 0 aromatic carbocycles. The van der Waals surface area contributed by atoms with Crippen LogP contribution in [0.5, 0.6) is 0 Å². The summed E-state index contributed by atoms with van der Waals surface area (Å²) >= 11 is 0. The van der Waals surface area contributed by atoms with Gasteiger partial charge in [0.15, 0.2) is 12.4 Å². The summed E-state index contributed by atoms with van der Waals surface area (Å²) in [6.45, 7) is 3.72. The summed E-state index contributed by atoms with van der Waals surface area (Å²) in [6.07, 6.45) is 32.4. The predicted octanol–water partition coefficient (Wildman–Crippen LogP) is 10.0. The third kappa shape index (κ3) is 31.9. The van der Waals surface area contributed by atoms with E-state index in [1.807, 2.05) is 12.2 Å². The Labute approximate surface area is 364 Å². The van der Waals surface area contributed by atoms with Crippen molar-refractivity contribution in [2.45, 2.75) is 243 Å². The molecule has 0 aromatic rings. The van der Waals surface area contributed by atoms with Gasteiger partial charge in [0.2, 0.25) is 0 Å². The first-order valence-corrected chi connectivity index (χ1v) is 25.5. The number of hydrogen-bond donors (Lipinski definition) is 4. The highest BCUT2D eigenvalue weighted by Crippen LogP contribution is 2.24. The van der Waals surface area contributed by atoms with Gasteiger partial charge in [0.05, 0.1) is 6.61 Å². The molecule has 1 aliphatic rings. The van der Waals surface area contributed by atoms with Crippen molar-refractivity contribution in [3.05, 3.63) is 24.3 Å². The van der Waals surface area contributed by atoms with Gasteiger partial charge in [0.1, 0.15) is 36.8 Å². The van der Waals surface area contributed by atoms with Gasteiger partial charge in [-0.15, -0.1) is 0 Å². The summed E-state index contributed by atoms with van der Waals surface area (Å²) < 4.78 is 54.0. The molecule has 1 fully saturated rings. The van der Waals surface area contributed by atoms with Crippen LogP contribution in [0, 0.1) is 0 Å². The topological polar surface area (TPSA) is 186 Å². The molecule has 4 N–H and O–H groups in total. The Hall–Kier alpha value is -1.87. The Morgan fingerprint density at radius 1 is 0.567 bits per heavy atom. The number of unbranched alkanes of at least 4 members (excludes halogenated alkanes) is 24. The number of ether oxygens (including phenoxy) is 4. The zero-order chi connectivity index (χ0) is 44.1. The third-order valence-corrected chi connectivity index (χ3v) is 11.8. The summed E-state index contributed by atoms with van der Waals surface area (Å²) in [6, 6.07) is 0. The van der Waals surface area contributed by atoms with Gasteiger partial charge in [-0.05, 0) is 32.1 Å². The molecule has 0 aromatic heterocycles. The molecule has 60 heavy (non-hydrogen) atoms. The number of aliphatic hydroxyl groups excluding tert-OH is 3. The third-order valence-electron chi connectivity index (χ3n) is 11.0. The first kappa shape index (κ1) is 56.1. The maximum Gasteiger partial charge on any atom is 0.306 e. The standard InChI is InChI=1S/C47H86O12S/c1-3-5-7-9-11-13-15-17-18-19-20-21-22-24-25-27-29-31-33-35-42(48)56-37-40(38-57-47-46(52)45(51)44(50)41(59-47)39-60(53,54)55)58-43(49)36-34-32-30-28-26-23-16-14-12-10-8-6-4-2/h23,26,30,32,40-41,44-47,50-52H,3-22,24-25,27-29,31,33-39H2,1-2H3,(H,53,54,55)/b26-23+,32-30+/t40?,41-,44-,45?,46?,47+/m1/s1. The second-order valence-corrected chi connectivity index (χ2v) is 18.3. The summed E-state index contributed by atoms with van der Waals surface area (Å²) in [4.78, 5) is 25.4. The average Bonchev–Trinajstić information content (AvgIpc) is 3.21. The Bertz CT molecular complexity index is 1210. The van der Waals surface area contributed by atoms with Gasteiger partial charge < -0.3 is 34.3 Å². The molecule has 0 radical (unpaired) electrons. The van der Waals surface area contributed by atoms with Gasteiger partial charge in [-0.3, -0.25) is 14.1 Å². The van der Waals surface area contributed by atoms with Crippen LogP contribution in [0.3, 0.4) is 0 Å². The van der Waals surface area contributed by atoms with Crippen molar-refractivity contribution < 1.29 is 56.8 Å². The molecule has 12 nitrogen and oxygen atoms in total. The Morgan fingerprint density at radius 3 is 1.53 bits per heavy atom. The van der Waals surface area contributed by atoms with Crippen LogP contribution >= 0.6 is 0 Å². The Morgan fingerprint density at radius 2 is 1.03 bits per heavy atom. The highest BCUT2D eigenvalue weighted by molar-refractivity contribution is 7.85. The minimum Gasteiger partial charge on any atom is -0.462 e. The van der Waals surface area contributed by atoms with Gasteiger partial charge in [-0.1, -0.05) is 186 Å². The normalized spacial score (nSPS) is 20.3. The molecule has 0 aliphatic carbocycles. The van der Waals surface area contributed by atoms with Gasteiger partial charge in [-0.25, -0.2) is 0 Å². The quantitative estimate of drug-likeness (QED) is 0.0198. The molecule has 0 saturated carbocycles. The molecular formula is C47H86O12S. The Kier molecular flexibility index (Phi) is 35.2. The Balaban J connectivity index is 2.41. The van der Waals surface area contributed by atoms with Crippen molar-refractivity contribution in [1.82, 2.24) is 0 Å². The summed E-state index contributed by atoms with van der Waals surface area (Å²) in [7, 11) is -4.61. The van der Waals surface area contributed by atoms with E-state index in [1.54, 1.807) is 0 Å². The smallest absolute Gasteiger partial charge is 0.306 e. The van der Waals surface area contributed by atoms with Crippen LogP contribution in [-0.4, -0.2) is 96.0 Å². The molecule has 1 heterocycles. The monoisotopic (exact) mass is 875 g/mol. The SMILES string of the molecule is CCCCCCCC/C=C/C/C=C/CCC(=O)OC(COC(=O)CCCCCCCCCCCCCCCCCCCCC)CO[C@H]1O[C@H](CS(=O)(=O)O)[C@@H](O)C(O)C1O. The lowest BCUT2D eigenvalue weighted by molar-refractivity contribution is -0.297. The van der Waals surface area contributed by atoms with Crippen molar-refractivity contribution >= 4 is 22.1 Å². The molecule has 6 atom stereocenters. The molecule has 1 aliphatic heterocycles. The van der Waals surface area contributed by atoms with Crippen LogP contribution in [-0.2, 0) is 38.7 Å². The highest BCUT2D eigenvalue weighted by atomic mass is 32.2. The lowest BCUT2D eigenvalue weighted by atomic mass is 10.00. The largest absolute Gasteiger partial charge is 0.462 e. The average molecular weight is 875 g/mol. The van der Waals surface area contributed by atoms with Gasteiger partial charge >= 0.3 is 11.9 Å². The molecule has 3 unspecified atom stereocenters. The van der Waals surface area contributed by atoms with Crippen molar-refractivity contribution in [3.8, 4) is 0 Å². The summed E-state index contributed by atoms with van der Waals surface area (Å²) in [5, 5.41) is 30.9. The highest BCUT2D eigenvalue weighted by Gasteiger charge is 2.46. The van der Waals surface area contributed by atoms with Gasteiger partial charge in [-0.2, -0.15) is 8.42 Å². The first-order chi connectivity index (χ1) is 29.0. The maximum absolute atomic E-state index is 12.8. The summed E-state index contributed by atoms with van der Waals surface area (Å²) in [5.41, 5.74) is 0. The fraction of sp³-hybridized carbons (Fsp3) is 0.872. The number of carbonyl (C=O) groups excluding carboxylic acids is 2. The van der Waals surface area contributed by atoms with E-state index in [2.05, 4.69) is 26.0 Å². The predicted molar refractivity (Wildman–Crippen MR) is 238 cm³/mol. The second-order valence-electron chi connectivity index (χ2n) is 16.8. The van der Waals surface area contributed by atoms with Crippen LogP contribution in [0.1, 0.15) is 206 Å². The molecule has 0 bridgehead atoms. The van der Waals surface area contributed by atoms with Crippen LogP contribution in [0.15, 0.2) is 24.3 Å². The fourth-order valence-electron chi connectivity index (χ4n) is 7.32. The number of hydrogen-bond acceptors (Lipinski definition) is 11. The molecule has 13 heteroatoms. The molecule has 1 rings (SSSR count). The van der Waals surface area contributed by atoms with Gasteiger partial charge in [0.25, 0.3) is 10.1 Å². The van der Waals surface area contributed by atoms with Crippen LogP contribution in [0.4, 0.5) is 0 Å². The first-order valence-electron chi connectivity index (χ1n) is 23.9. The minimum atomic E-state index is -4.61. The molecule has 0 spiro atoms. The number of aliphatic hydroxyl groups is 3. The van der Waals surface area contributed by atoms with E-state index in [-0.39, 0.29) is 19.4 Å². The zero-order valence-electron chi connectivity index (χ0n) is 37.6. The van der Waals surface area contributed by atoms with E-state index in [0.29, 0.717) is 12.8 Å². The van der Waals surface area contributed by atoms with Gasteiger partial charge in [0, 0.05) is 12.8 Å². The van der Waals surface area contributed by atoms with Crippen molar-refractivity contribution in [2.24, 2.45) is 0 Å². The molecule has 0 amide bonds. The maximum atomic E-state index is 12.8. The lowest BCUT2D eigenvalue weighted by Crippen LogP contribution is -2.60. The molecule has 352 valence electrons. The minimum absolute atomic E-state index is 0.0612. The number of esters is 2. The van der Waals surface area contributed by atoms with Crippen LogP contribution in [0.2, 0.25) is 0 Å². The number of allylic oxidation sites excluding steroid dienone is 4. The number of rotatable bonds is 40. The van der Waals surface area contributed by atoms with E-state index in [4.69, 9.17) is 18.9 Å². The van der Waals surface area contributed by atoms with Crippen LogP contribution < -0.4 is 0 Å². The van der Waals surface area contributed by atoms with Crippen molar-refractivity contribution in [2.75, 3.05) is 19.0 Å². The molecular weight excluding hydrogens is 789 g/mol. The van der Waals surface area contributed by atoms with E-state index in [9.17, 15) is 37.9 Å². The van der Waals surface area contributed by atoms with Crippen molar-refractivity contribution in [1.29, 1.82) is 0 Å². The van der Waals surface area contributed by atoms with E-state index < -0.39 is 71.2 Å². The number of carbonyl (C=O) groups is 2. The zero-order valence-corrected chi connectivity index (χ0v) is 38.4. The van der Waals surface area contributed by atoms with E-state index in [0.717, 1.165) is 32.1 Å². The van der Waals surface area contributed by atoms with Crippen LogP contribution in [0.25, 0.3) is 0 Å². The lowest BCUT2D eigenvalue weighted by Gasteiger charge is -2.40. The fourth-order valence-corrected chi connectivity index (χ4v) is 8.01. The van der Waals surface area contributed by atoms with Crippen molar-refractivity contribution in [3.63, 3.8) is 0 Å². The summed E-state index contributed by atoms with van der Waals surface area (Å²) in [5.74, 6) is -2.06. The second kappa shape index (κ2) is 37.7.